The zero-order chi connectivity index (χ0) is 14.4. The highest BCUT2D eigenvalue weighted by Crippen LogP contribution is 2.20. The maximum Gasteiger partial charge on any atom is 0.310 e. The van der Waals surface area contributed by atoms with Crippen LogP contribution in [0.15, 0.2) is 0 Å². The topological polar surface area (TPSA) is 27.7 Å². The SMILES string of the molecule is C[SiH2]O[Si](C)(C)O[Si](C)(C)CCCO[Si](C)(C)C. The van der Waals surface area contributed by atoms with E-state index in [1.165, 1.54) is 6.04 Å². The highest BCUT2D eigenvalue weighted by molar-refractivity contribution is 6.83. The maximum absolute atomic E-state index is 6.34. The van der Waals surface area contributed by atoms with Gasteiger partial charge in [-0.05, 0) is 58.3 Å². The fourth-order valence-corrected chi connectivity index (χ4v) is 13.0. The molecule has 3 nitrogen and oxygen atoms in total. The minimum atomic E-state index is -1.84. The Kier molecular flexibility index (Phi) is 7.82. The number of hydrogen-bond donors (Lipinski definition) is 0. The average Bonchev–Trinajstić information content (AvgIpc) is 2.09. The van der Waals surface area contributed by atoms with Gasteiger partial charge in [-0.15, -0.1) is 0 Å². The molecular formula is C11H32O3Si4. The largest absolute Gasteiger partial charge is 0.442 e. The van der Waals surface area contributed by atoms with Gasteiger partial charge in [0.15, 0.2) is 16.6 Å². The Labute approximate surface area is 119 Å². The lowest BCUT2D eigenvalue weighted by molar-refractivity contribution is 0.307. The van der Waals surface area contributed by atoms with Crippen molar-refractivity contribution in [2.45, 2.75) is 64.8 Å². The Morgan fingerprint density at radius 2 is 1.50 bits per heavy atom. The molecule has 0 bridgehead atoms. The summed E-state index contributed by atoms with van der Waals surface area (Å²) in [6.45, 7) is 18.7. The molecule has 0 saturated carbocycles. The van der Waals surface area contributed by atoms with Crippen molar-refractivity contribution in [3.05, 3.63) is 0 Å². The molecule has 0 aliphatic rings. The summed E-state index contributed by atoms with van der Waals surface area (Å²) in [5, 5.41) is 0. The van der Waals surface area contributed by atoms with Crippen LogP contribution in [-0.2, 0) is 12.7 Å². The summed E-state index contributed by atoms with van der Waals surface area (Å²) >= 11 is 0. The average molecular weight is 325 g/mol. The molecule has 0 spiro atoms. The summed E-state index contributed by atoms with van der Waals surface area (Å²) < 4.78 is 18.1. The Bertz CT molecular complexity index is 239. The zero-order valence-corrected chi connectivity index (χ0v) is 18.0. The predicted molar refractivity (Wildman–Crippen MR) is 90.3 cm³/mol. The molecule has 18 heavy (non-hydrogen) atoms. The van der Waals surface area contributed by atoms with E-state index in [0.717, 1.165) is 13.0 Å². The minimum absolute atomic E-state index is 0.362. The summed E-state index contributed by atoms with van der Waals surface area (Å²) in [5.41, 5.74) is 0. The van der Waals surface area contributed by atoms with Gasteiger partial charge in [0, 0.05) is 6.61 Å². The van der Waals surface area contributed by atoms with E-state index in [2.05, 4.69) is 52.4 Å². The normalized spacial score (nSPS) is 14.7. The molecule has 0 rings (SSSR count). The highest BCUT2D eigenvalue weighted by atomic mass is 28.5. The fourth-order valence-electron chi connectivity index (χ4n) is 1.97. The molecule has 0 aromatic carbocycles. The molecule has 7 heteroatoms. The first-order chi connectivity index (χ1) is 7.97. The van der Waals surface area contributed by atoms with Gasteiger partial charge < -0.3 is 12.7 Å². The first-order valence-corrected chi connectivity index (χ1v) is 18.3. The van der Waals surface area contributed by atoms with Gasteiger partial charge in [0.25, 0.3) is 0 Å². The van der Waals surface area contributed by atoms with E-state index in [-0.39, 0.29) is 9.76 Å². The Morgan fingerprint density at radius 3 is 1.94 bits per heavy atom. The van der Waals surface area contributed by atoms with Crippen molar-refractivity contribution in [2.24, 2.45) is 0 Å². The van der Waals surface area contributed by atoms with Crippen molar-refractivity contribution in [2.75, 3.05) is 6.61 Å². The molecular weight excluding hydrogens is 292 g/mol. The van der Waals surface area contributed by atoms with Crippen molar-refractivity contribution >= 4 is 35.0 Å². The predicted octanol–water partition coefficient (Wildman–Crippen LogP) is 3.30. The molecule has 0 aromatic heterocycles. The second kappa shape index (κ2) is 7.51. The third kappa shape index (κ3) is 10.7. The van der Waals surface area contributed by atoms with Crippen LogP contribution in [0.3, 0.4) is 0 Å². The third-order valence-electron chi connectivity index (χ3n) is 2.47. The van der Waals surface area contributed by atoms with Crippen molar-refractivity contribution in [1.82, 2.24) is 0 Å². The van der Waals surface area contributed by atoms with E-state index in [1.807, 2.05) is 0 Å². The molecule has 0 atom stereocenters. The second-order valence-electron chi connectivity index (χ2n) is 6.76. The standard InChI is InChI=1S/C11H32O3Si4/c1-15-13-18(7,8)14-17(5,6)11-9-10-12-16(2,3)4/h9-11,15H2,1-8H3. The molecule has 0 saturated heterocycles. The third-order valence-corrected chi connectivity index (χ3v) is 13.2. The molecule has 0 unspecified atom stereocenters. The van der Waals surface area contributed by atoms with Gasteiger partial charge in [-0.25, -0.2) is 0 Å². The molecule has 0 heterocycles. The van der Waals surface area contributed by atoms with Crippen LogP contribution in [0, 0.1) is 0 Å². The van der Waals surface area contributed by atoms with Crippen LogP contribution in [0.5, 0.6) is 0 Å². The van der Waals surface area contributed by atoms with Gasteiger partial charge in [0.05, 0.1) is 0 Å². The lowest BCUT2D eigenvalue weighted by Crippen LogP contribution is -2.47. The molecule has 0 N–H and O–H groups in total. The van der Waals surface area contributed by atoms with Crippen LogP contribution < -0.4 is 0 Å². The molecule has 110 valence electrons. The Balaban J connectivity index is 4.00. The quantitative estimate of drug-likeness (QED) is 0.481. The zero-order valence-electron chi connectivity index (χ0n) is 13.6. The van der Waals surface area contributed by atoms with Gasteiger partial charge in [-0.3, -0.25) is 0 Å². The second-order valence-corrected chi connectivity index (χ2v) is 20.6. The summed E-state index contributed by atoms with van der Waals surface area (Å²) in [5.74, 6) is 0. The number of hydrogen-bond acceptors (Lipinski definition) is 3. The van der Waals surface area contributed by atoms with E-state index in [1.54, 1.807) is 0 Å². The lowest BCUT2D eigenvalue weighted by Gasteiger charge is -2.33. The molecule has 0 radical (unpaired) electrons. The molecule has 0 aliphatic carbocycles. The first-order valence-electron chi connectivity index (χ1n) is 6.95. The maximum atomic E-state index is 6.34. The van der Waals surface area contributed by atoms with Crippen LogP contribution in [-0.4, -0.2) is 41.6 Å². The summed E-state index contributed by atoms with van der Waals surface area (Å²) in [4.78, 5) is 0. The van der Waals surface area contributed by atoms with Gasteiger partial charge in [0.2, 0.25) is 0 Å². The van der Waals surface area contributed by atoms with Crippen molar-refractivity contribution < 1.29 is 12.7 Å². The van der Waals surface area contributed by atoms with Gasteiger partial charge in [-0.2, -0.15) is 0 Å². The van der Waals surface area contributed by atoms with Crippen LogP contribution >= 0.6 is 0 Å². The van der Waals surface area contributed by atoms with E-state index < -0.39 is 25.2 Å². The Hall–Kier alpha value is 0.748. The first kappa shape index (κ1) is 18.7. The Morgan fingerprint density at radius 1 is 0.944 bits per heavy atom. The molecule has 0 aromatic rings. The van der Waals surface area contributed by atoms with Crippen LogP contribution in [0.1, 0.15) is 6.42 Å². The van der Waals surface area contributed by atoms with Crippen LogP contribution in [0.4, 0.5) is 0 Å². The monoisotopic (exact) mass is 324 g/mol. The summed E-state index contributed by atoms with van der Waals surface area (Å²) in [6, 6.07) is 1.17. The highest BCUT2D eigenvalue weighted by Gasteiger charge is 2.33. The lowest BCUT2D eigenvalue weighted by atomic mass is 10.5. The van der Waals surface area contributed by atoms with E-state index in [0.29, 0.717) is 0 Å². The van der Waals surface area contributed by atoms with E-state index in [4.69, 9.17) is 12.7 Å². The smallest absolute Gasteiger partial charge is 0.310 e. The van der Waals surface area contributed by atoms with E-state index in [9.17, 15) is 0 Å². The van der Waals surface area contributed by atoms with Crippen molar-refractivity contribution in [3.8, 4) is 0 Å². The molecule has 0 amide bonds. The van der Waals surface area contributed by atoms with Gasteiger partial charge >= 0.3 is 8.56 Å². The van der Waals surface area contributed by atoms with Crippen molar-refractivity contribution in [1.29, 1.82) is 0 Å². The van der Waals surface area contributed by atoms with E-state index >= 15 is 0 Å². The molecule has 0 fully saturated rings. The van der Waals surface area contributed by atoms with Gasteiger partial charge in [-0.1, -0.05) is 6.55 Å². The molecule has 0 aliphatic heterocycles. The minimum Gasteiger partial charge on any atom is -0.442 e. The van der Waals surface area contributed by atoms with Crippen LogP contribution in [0.2, 0.25) is 58.4 Å². The number of rotatable bonds is 9. The summed E-state index contributed by atoms with van der Waals surface area (Å²) in [6.07, 6.45) is 1.12. The fraction of sp³-hybridized carbons (Fsp3) is 1.00. The van der Waals surface area contributed by atoms with Crippen molar-refractivity contribution in [3.63, 3.8) is 0 Å². The van der Waals surface area contributed by atoms with Gasteiger partial charge in [0.1, 0.15) is 9.76 Å². The van der Waals surface area contributed by atoms with Crippen LogP contribution in [0.25, 0.3) is 0 Å². The summed E-state index contributed by atoms with van der Waals surface area (Å²) in [7, 11) is -5.13.